The Labute approximate surface area is 140 Å². The number of carbonyl (C=O) groups excluding carboxylic acids is 1. The minimum absolute atomic E-state index is 0.0771. The first kappa shape index (κ1) is 15.4. The number of aromatic nitrogens is 2. The lowest BCUT2D eigenvalue weighted by Crippen LogP contribution is -2.53. The number of piperidine rings is 1. The number of nitrogens with one attached hydrogen (secondary N) is 1. The van der Waals surface area contributed by atoms with Crippen LogP contribution in [0.5, 0.6) is 0 Å². The van der Waals surface area contributed by atoms with Gasteiger partial charge in [-0.3, -0.25) is 9.69 Å². The highest BCUT2D eigenvalue weighted by atomic mass is 16.5. The largest absolute Gasteiger partial charge is 0.468 e. The zero-order valence-corrected chi connectivity index (χ0v) is 13.8. The van der Waals surface area contributed by atoms with Crippen LogP contribution in [-0.4, -0.2) is 46.6 Å². The average molecular weight is 330 g/mol. The van der Waals surface area contributed by atoms with Gasteiger partial charge in [-0.25, -0.2) is 4.98 Å². The van der Waals surface area contributed by atoms with Gasteiger partial charge in [-0.1, -0.05) is 0 Å². The zero-order chi connectivity index (χ0) is 16.6. The summed E-state index contributed by atoms with van der Waals surface area (Å²) in [6.07, 6.45) is 6.60. The van der Waals surface area contributed by atoms with Crippen LogP contribution in [0.25, 0.3) is 0 Å². The fourth-order valence-corrected chi connectivity index (χ4v) is 3.73. The van der Waals surface area contributed by atoms with E-state index in [4.69, 9.17) is 9.15 Å². The predicted molar refractivity (Wildman–Crippen MR) is 86.1 cm³/mol. The highest BCUT2D eigenvalue weighted by Crippen LogP contribution is 2.40. The molecule has 0 aliphatic carbocycles. The van der Waals surface area contributed by atoms with E-state index in [2.05, 4.69) is 19.8 Å². The van der Waals surface area contributed by atoms with Crippen molar-refractivity contribution in [2.24, 2.45) is 0 Å². The number of rotatable bonds is 3. The van der Waals surface area contributed by atoms with Crippen molar-refractivity contribution in [1.82, 2.24) is 19.8 Å². The molecule has 1 N–H and O–H groups in total. The molecule has 0 saturated carbocycles. The van der Waals surface area contributed by atoms with Crippen LogP contribution in [0.1, 0.15) is 24.4 Å². The number of fused-ring (bicyclic) bond motifs is 2. The van der Waals surface area contributed by atoms with Crippen LogP contribution in [0.2, 0.25) is 0 Å². The summed E-state index contributed by atoms with van der Waals surface area (Å²) in [7, 11) is 1.65. The Bertz CT molecular complexity index is 701. The van der Waals surface area contributed by atoms with Crippen molar-refractivity contribution in [3.05, 3.63) is 42.4 Å². The minimum atomic E-state index is -0.474. The molecule has 1 unspecified atom stereocenters. The number of hydrogen-bond acceptors (Lipinski definition) is 5. The number of imidazole rings is 1. The fraction of sp³-hybridized carbons (Fsp3) is 0.529. The second kappa shape index (κ2) is 6.07. The molecule has 2 aliphatic rings. The maximum Gasteiger partial charge on any atom is 0.250 e. The molecule has 0 bridgehead atoms. The maximum atomic E-state index is 12.1. The van der Waals surface area contributed by atoms with Crippen LogP contribution in [0.3, 0.4) is 0 Å². The third-order valence-corrected chi connectivity index (χ3v) is 5.02. The highest BCUT2D eigenvalue weighted by molar-refractivity contribution is 5.80. The summed E-state index contributed by atoms with van der Waals surface area (Å²) >= 11 is 0. The van der Waals surface area contributed by atoms with Gasteiger partial charge in [0.1, 0.15) is 17.2 Å². The summed E-state index contributed by atoms with van der Waals surface area (Å²) in [5, 5.41) is 2.70. The number of likely N-dealkylation sites (tertiary alicyclic amines) is 1. The Balaban J connectivity index is 1.51. The number of likely N-dealkylation sites (N-methyl/N-ethyl adjacent to an activating group) is 1. The number of nitrogens with zero attached hydrogens (tertiary/aromatic N) is 3. The van der Waals surface area contributed by atoms with Crippen LogP contribution in [0.15, 0.2) is 35.2 Å². The summed E-state index contributed by atoms with van der Waals surface area (Å²) in [6.45, 7) is 3.09. The second-order valence-electron chi connectivity index (χ2n) is 6.47. The Morgan fingerprint density at radius 2 is 2.29 bits per heavy atom. The van der Waals surface area contributed by atoms with Crippen molar-refractivity contribution >= 4 is 5.91 Å². The molecule has 1 amide bonds. The van der Waals surface area contributed by atoms with Gasteiger partial charge in [-0.05, 0) is 25.0 Å². The van der Waals surface area contributed by atoms with Crippen molar-refractivity contribution in [1.29, 1.82) is 0 Å². The zero-order valence-electron chi connectivity index (χ0n) is 13.8. The molecule has 128 valence electrons. The van der Waals surface area contributed by atoms with Gasteiger partial charge in [-0.2, -0.15) is 0 Å². The molecule has 4 rings (SSSR count). The van der Waals surface area contributed by atoms with Crippen molar-refractivity contribution < 1.29 is 13.9 Å². The Morgan fingerprint density at radius 3 is 3.00 bits per heavy atom. The van der Waals surface area contributed by atoms with Crippen molar-refractivity contribution in [3.63, 3.8) is 0 Å². The second-order valence-corrected chi connectivity index (χ2v) is 6.47. The molecule has 1 saturated heterocycles. The predicted octanol–water partition coefficient (Wildman–Crippen LogP) is 1.11. The van der Waals surface area contributed by atoms with Crippen LogP contribution in [-0.2, 0) is 28.2 Å². The summed E-state index contributed by atoms with van der Waals surface area (Å²) in [5.41, 5.74) is -0.474. The molecule has 4 heterocycles. The first-order chi connectivity index (χ1) is 11.7. The summed E-state index contributed by atoms with van der Waals surface area (Å²) in [4.78, 5) is 19.0. The maximum absolute atomic E-state index is 12.1. The fourth-order valence-electron chi connectivity index (χ4n) is 3.73. The van der Waals surface area contributed by atoms with E-state index >= 15 is 0 Å². The normalized spacial score (nSPS) is 23.1. The van der Waals surface area contributed by atoms with Gasteiger partial charge in [-0.15, -0.1) is 0 Å². The number of hydrogen-bond donors (Lipinski definition) is 1. The van der Waals surface area contributed by atoms with Crippen molar-refractivity contribution in [2.75, 3.05) is 20.1 Å². The van der Waals surface area contributed by atoms with Gasteiger partial charge >= 0.3 is 0 Å². The van der Waals surface area contributed by atoms with Gasteiger partial charge in [0.05, 0.1) is 19.4 Å². The highest BCUT2D eigenvalue weighted by Gasteiger charge is 2.46. The Kier molecular flexibility index (Phi) is 3.90. The lowest BCUT2D eigenvalue weighted by Gasteiger charge is -2.45. The van der Waals surface area contributed by atoms with E-state index in [0.29, 0.717) is 6.54 Å². The van der Waals surface area contributed by atoms with Gasteiger partial charge < -0.3 is 19.0 Å². The van der Waals surface area contributed by atoms with E-state index in [1.165, 1.54) is 0 Å². The summed E-state index contributed by atoms with van der Waals surface area (Å²) in [6, 6.07) is 3.91. The van der Waals surface area contributed by atoms with Crippen LogP contribution >= 0.6 is 0 Å². The third-order valence-electron chi connectivity index (χ3n) is 5.02. The van der Waals surface area contributed by atoms with Crippen LogP contribution < -0.4 is 5.32 Å². The quantitative estimate of drug-likeness (QED) is 0.913. The topological polar surface area (TPSA) is 72.5 Å². The number of carbonyl (C=O) groups is 1. The SMILES string of the molecule is CNC(=O)C1Cn2ccnc2C2(CCN(Cc3ccco3)CC2)O1. The molecule has 7 heteroatoms. The average Bonchev–Trinajstić information content (AvgIpc) is 3.28. The van der Waals surface area contributed by atoms with E-state index < -0.39 is 11.7 Å². The smallest absolute Gasteiger partial charge is 0.250 e. The Hall–Kier alpha value is -2.12. The standard InChI is InChI=1S/C17H22N4O3/c1-18-15(22)14-12-21-9-6-19-16(21)17(24-14)4-7-20(8-5-17)11-13-3-2-10-23-13/h2-3,6,9-10,14H,4-5,7-8,11-12H2,1H3,(H,18,22). The number of amides is 1. The summed E-state index contributed by atoms with van der Waals surface area (Å²) in [5.74, 6) is 1.84. The van der Waals surface area contributed by atoms with E-state index in [-0.39, 0.29) is 5.91 Å². The first-order valence-electron chi connectivity index (χ1n) is 8.36. The molecule has 2 aromatic heterocycles. The lowest BCUT2D eigenvalue weighted by atomic mass is 9.88. The minimum Gasteiger partial charge on any atom is -0.468 e. The summed E-state index contributed by atoms with van der Waals surface area (Å²) < 4.78 is 13.8. The number of ether oxygens (including phenoxy) is 1. The molecule has 0 aromatic carbocycles. The molecule has 1 spiro atoms. The molecule has 24 heavy (non-hydrogen) atoms. The van der Waals surface area contributed by atoms with Crippen molar-refractivity contribution in [2.45, 2.75) is 37.6 Å². The molecule has 1 fully saturated rings. The molecular formula is C17H22N4O3. The van der Waals surface area contributed by atoms with E-state index in [9.17, 15) is 4.79 Å². The van der Waals surface area contributed by atoms with Gasteiger partial charge in [0.15, 0.2) is 6.10 Å². The third kappa shape index (κ3) is 2.63. The molecule has 7 nitrogen and oxygen atoms in total. The Morgan fingerprint density at radius 1 is 1.46 bits per heavy atom. The lowest BCUT2D eigenvalue weighted by molar-refractivity contribution is -0.173. The van der Waals surface area contributed by atoms with E-state index in [0.717, 1.165) is 44.1 Å². The van der Waals surface area contributed by atoms with Crippen LogP contribution in [0.4, 0.5) is 0 Å². The van der Waals surface area contributed by atoms with Gasteiger partial charge in [0.2, 0.25) is 0 Å². The van der Waals surface area contributed by atoms with E-state index in [1.807, 2.05) is 18.3 Å². The molecular weight excluding hydrogens is 308 g/mol. The molecule has 2 aromatic rings. The van der Waals surface area contributed by atoms with E-state index in [1.54, 1.807) is 19.5 Å². The molecule has 1 atom stereocenters. The van der Waals surface area contributed by atoms with Gasteiger partial charge in [0, 0.05) is 32.5 Å². The number of furan rings is 1. The molecule has 0 radical (unpaired) electrons. The molecule has 2 aliphatic heterocycles. The van der Waals surface area contributed by atoms with Gasteiger partial charge in [0.25, 0.3) is 5.91 Å². The monoisotopic (exact) mass is 330 g/mol. The van der Waals surface area contributed by atoms with Crippen molar-refractivity contribution in [3.8, 4) is 0 Å². The van der Waals surface area contributed by atoms with Crippen LogP contribution in [0, 0.1) is 0 Å². The first-order valence-corrected chi connectivity index (χ1v) is 8.36.